The third-order valence-electron chi connectivity index (χ3n) is 7.05. The molecule has 2 atom stereocenters. The number of rotatable bonds is 12. The van der Waals surface area contributed by atoms with Gasteiger partial charge in [0.25, 0.3) is 0 Å². The normalized spacial score (nSPS) is 17.6. The van der Waals surface area contributed by atoms with Gasteiger partial charge in [-0.3, -0.25) is 9.78 Å². The molecule has 3 aromatic rings. The highest BCUT2D eigenvalue weighted by atomic mass is 19.1. The molecule has 1 aliphatic carbocycles. The van der Waals surface area contributed by atoms with Crippen LogP contribution < -0.4 is 14.2 Å². The fourth-order valence-electron chi connectivity index (χ4n) is 4.82. The van der Waals surface area contributed by atoms with Gasteiger partial charge in [0.1, 0.15) is 35.9 Å². The van der Waals surface area contributed by atoms with Gasteiger partial charge in [-0.1, -0.05) is 0 Å². The summed E-state index contributed by atoms with van der Waals surface area (Å²) in [4.78, 5) is 25.4. The molecule has 10 heteroatoms. The second-order valence-corrected chi connectivity index (χ2v) is 9.97. The smallest absolute Gasteiger partial charge is 0.306 e. The van der Waals surface area contributed by atoms with Gasteiger partial charge in [0, 0.05) is 35.7 Å². The molecule has 40 heavy (non-hydrogen) atoms. The molecular formula is C30H34FN3O6. The van der Waals surface area contributed by atoms with Crippen molar-refractivity contribution in [2.45, 2.75) is 64.3 Å². The number of ether oxygens (including phenoxy) is 5. The van der Waals surface area contributed by atoms with Crippen LogP contribution >= 0.6 is 0 Å². The zero-order valence-electron chi connectivity index (χ0n) is 22.8. The van der Waals surface area contributed by atoms with Crippen LogP contribution in [0.4, 0.5) is 4.39 Å². The average Bonchev–Trinajstić information content (AvgIpc) is 3.82. The molecule has 1 saturated heterocycles. The van der Waals surface area contributed by atoms with Crippen molar-refractivity contribution >= 4 is 5.97 Å². The van der Waals surface area contributed by atoms with Crippen LogP contribution in [0.15, 0.2) is 42.9 Å². The molecule has 212 valence electrons. The van der Waals surface area contributed by atoms with Crippen LogP contribution in [0.25, 0.3) is 11.3 Å². The molecule has 3 heterocycles. The first-order valence-corrected chi connectivity index (χ1v) is 13.8. The maximum atomic E-state index is 14.9. The predicted octanol–water partition coefficient (Wildman–Crippen LogP) is 5.62. The van der Waals surface area contributed by atoms with Gasteiger partial charge in [-0.2, -0.15) is 0 Å². The second-order valence-electron chi connectivity index (χ2n) is 9.97. The molecule has 1 saturated carbocycles. The molecule has 0 amide bonds. The van der Waals surface area contributed by atoms with Gasteiger partial charge in [-0.15, -0.1) is 0 Å². The summed E-state index contributed by atoms with van der Waals surface area (Å²) in [5.74, 6) is 1.01. The number of carbonyl (C=O) groups excluding carboxylic acids is 1. The first-order valence-electron chi connectivity index (χ1n) is 13.8. The molecule has 0 radical (unpaired) electrons. The largest absolute Gasteiger partial charge is 0.497 e. The van der Waals surface area contributed by atoms with Gasteiger partial charge in [0.15, 0.2) is 6.29 Å². The highest BCUT2D eigenvalue weighted by molar-refractivity contribution is 5.70. The SMILES string of the molecule is CCOC(=O)CC(c1cc(OCc2cnc(-c3cc(OC)ccc3F)c(OC3CCCCO3)c2)ncn1)C1CC1. The van der Waals surface area contributed by atoms with E-state index < -0.39 is 12.1 Å². The van der Waals surface area contributed by atoms with Crippen molar-refractivity contribution in [1.29, 1.82) is 0 Å². The van der Waals surface area contributed by atoms with Gasteiger partial charge in [-0.05, 0) is 62.8 Å². The van der Waals surface area contributed by atoms with Crippen LogP contribution in [-0.2, 0) is 20.9 Å². The van der Waals surface area contributed by atoms with E-state index in [1.54, 1.807) is 37.4 Å². The highest BCUT2D eigenvalue weighted by Gasteiger charge is 2.35. The molecule has 2 aliphatic rings. The van der Waals surface area contributed by atoms with Gasteiger partial charge in [-0.25, -0.2) is 14.4 Å². The fourth-order valence-corrected chi connectivity index (χ4v) is 4.82. The van der Waals surface area contributed by atoms with E-state index in [2.05, 4.69) is 15.0 Å². The standard InChI is InChI=1S/C30H34FN3O6/c1-3-37-28(35)14-22(20-7-8-20)25-15-27(34-18-33-25)39-17-19-12-26(40-29-6-4-5-11-38-29)30(32-16-19)23-13-21(36-2)9-10-24(23)31/h9-10,12-13,15-16,18,20,22,29H,3-8,11,14,17H2,1-2H3. The Morgan fingerprint density at radius 3 is 2.75 bits per heavy atom. The number of carbonyl (C=O) groups is 1. The minimum atomic E-state index is -0.442. The zero-order chi connectivity index (χ0) is 27.9. The Morgan fingerprint density at radius 2 is 2.00 bits per heavy atom. The number of aromatic nitrogens is 3. The molecule has 2 unspecified atom stereocenters. The predicted molar refractivity (Wildman–Crippen MR) is 143 cm³/mol. The number of hydrogen-bond acceptors (Lipinski definition) is 9. The van der Waals surface area contributed by atoms with Crippen LogP contribution in [0.3, 0.4) is 0 Å². The molecule has 1 aromatic carbocycles. The number of pyridine rings is 1. The third-order valence-corrected chi connectivity index (χ3v) is 7.05. The summed E-state index contributed by atoms with van der Waals surface area (Å²) in [6.07, 6.45) is 7.73. The van der Waals surface area contributed by atoms with E-state index >= 15 is 0 Å². The van der Waals surface area contributed by atoms with Crippen LogP contribution in [0.1, 0.15) is 62.6 Å². The Bertz CT molecular complexity index is 1310. The Morgan fingerprint density at radius 1 is 1.12 bits per heavy atom. The van der Waals surface area contributed by atoms with E-state index in [0.29, 0.717) is 47.8 Å². The molecular weight excluding hydrogens is 517 g/mol. The third kappa shape index (κ3) is 7.04. The molecule has 5 rings (SSSR count). The van der Waals surface area contributed by atoms with Crippen LogP contribution in [0, 0.1) is 11.7 Å². The lowest BCUT2D eigenvalue weighted by Gasteiger charge is -2.24. The van der Waals surface area contributed by atoms with Crippen molar-refractivity contribution in [1.82, 2.24) is 15.0 Å². The minimum absolute atomic E-state index is 0.0291. The Kier molecular flexibility index (Phi) is 9.05. The lowest BCUT2D eigenvalue weighted by Crippen LogP contribution is -2.25. The second kappa shape index (κ2) is 13.0. The topological polar surface area (TPSA) is 102 Å². The molecule has 0 bridgehead atoms. The Labute approximate surface area is 233 Å². The summed E-state index contributed by atoms with van der Waals surface area (Å²) in [6, 6.07) is 8.06. The number of halogens is 1. The number of esters is 1. The summed E-state index contributed by atoms with van der Waals surface area (Å²) in [6.45, 7) is 2.91. The summed E-state index contributed by atoms with van der Waals surface area (Å²) in [5.41, 5.74) is 2.10. The van der Waals surface area contributed by atoms with E-state index in [4.69, 9.17) is 23.7 Å². The maximum absolute atomic E-state index is 14.9. The van der Waals surface area contributed by atoms with E-state index in [-0.39, 0.29) is 30.5 Å². The molecule has 0 N–H and O–H groups in total. The van der Waals surface area contributed by atoms with Crippen molar-refractivity contribution in [3.63, 3.8) is 0 Å². The quantitative estimate of drug-likeness (QED) is 0.266. The van der Waals surface area contributed by atoms with E-state index in [1.165, 1.54) is 19.5 Å². The van der Waals surface area contributed by atoms with Gasteiger partial charge in [0.2, 0.25) is 5.88 Å². The number of nitrogens with zero attached hydrogens (tertiary/aromatic N) is 3. The molecule has 0 spiro atoms. The average molecular weight is 552 g/mol. The highest BCUT2D eigenvalue weighted by Crippen LogP contribution is 2.44. The molecule has 2 fully saturated rings. The molecule has 2 aromatic heterocycles. The van der Waals surface area contributed by atoms with Gasteiger partial charge >= 0.3 is 5.97 Å². The number of methoxy groups -OCH3 is 1. The number of benzene rings is 1. The van der Waals surface area contributed by atoms with Gasteiger partial charge in [0.05, 0.1) is 32.4 Å². The first-order chi connectivity index (χ1) is 19.5. The van der Waals surface area contributed by atoms with Crippen molar-refractivity contribution < 1.29 is 32.9 Å². The van der Waals surface area contributed by atoms with E-state index in [9.17, 15) is 9.18 Å². The fraction of sp³-hybridized carbons (Fsp3) is 0.467. The summed E-state index contributed by atoms with van der Waals surface area (Å²) < 4.78 is 43.3. The number of hydrogen-bond donors (Lipinski definition) is 0. The lowest BCUT2D eigenvalue weighted by atomic mass is 9.95. The van der Waals surface area contributed by atoms with Crippen molar-refractivity contribution in [2.75, 3.05) is 20.3 Å². The van der Waals surface area contributed by atoms with Crippen molar-refractivity contribution in [2.24, 2.45) is 5.92 Å². The van der Waals surface area contributed by atoms with Crippen molar-refractivity contribution in [3.8, 4) is 28.6 Å². The minimum Gasteiger partial charge on any atom is -0.497 e. The van der Waals surface area contributed by atoms with Crippen LogP contribution in [0.5, 0.6) is 17.4 Å². The zero-order valence-corrected chi connectivity index (χ0v) is 22.8. The van der Waals surface area contributed by atoms with E-state index in [0.717, 1.165) is 37.8 Å². The molecule has 9 nitrogen and oxygen atoms in total. The summed E-state index contributed by atoms with van der Waals surface area (Å²) >= 11 is 0. The Hall–Kier alpha value is -3.79. The van der Waals surface area contributed by atoms with Crippen LogP contribution in [-0.4, -0.2) is 47.5 Å². The van der Waals surface area contributed by atoms with E-state index in [1.807, 2.05) is 0 Å². The Balaban J connectivity index is 1.35. The van der Waals surface area contributed by atoms with Gasteiger partial charge < -0.3 is 23.7 Å². The maximum Gasteiger partial charge on any atom is 0.306 e. The summed E-state index contributed by atoms with van der Waals surface area (Å²) in [5, 5.41) is 0. The lowest BCUT2D eigenvalue weighted by molar-refractivity contribution is -0.143. The first kappa shape index (κ1) is 27.8. The van der Waals surface area contributed by atoms with Crippen molar-refractivity contribution in [3.05, 3.63) is 59.9 Å². The monoisotopic (exact) mass is 551 g/mol. The van der Waals surface area contributed by atoms with Crippen LogP contribution in [0.2, 0.25) is 0 Å². The molecule has 1 aliphatic heterocycles. The summed E-state index contributed by atoms with van der Waals surface area (Å²) in [7, 11) is 1.53.